The summed E-state index contributed by atoms with van der Waals surface area (Å²) in [7, 11) is 1.45. The Morgan fingerprint density at radius 3 is 2.44 bits per heavy atom. The summed E-state index contributed by atoms with van der Waals surface area (Å²) in [5.74, 6) is -2.55. The lowest BCUT2D eigenvalue weighted by molar-refractivity contribution is -0.108. The van der Waals surface area contributed by atoms with Gasteiger partial charge in [-0.2, -0.15) is 0 Å². The molecular formula is C12H17F2NO. The van der Waals surface area contributed by atoms with Crippen molar-refractivity contribution in [1.82, 2.24) is 0 Å². The molecule has 4 heteroatoms. The molecule has 0 radical (unpaired) electrons. The lowest BCUT2D eigenvalue weighted by Crippen LogP contribution is -2.40. The molecule has 0 saturated heterocycles. The minimum atomic E-state index is -2.98. The Morgan fingerprint density at radius 1 is 1.31 bits per heavy atom. The van der Waals surface area contributed by atoms with Gasteiger partial charge in [0, 0.05) is 17.5 Å². The van der Waals surface area contributed by atoms with Gasteiger partial charge in [-0.05, 0) is 12.1 Å². The first-order chi connectivity index (χ1) is 7.35. The Morgan fingerprint density at radius 2 is 1.94 bits per heavy atom. The van der Waals surface area contributed by atoms with Crippen molar-refractivity contribution in [1.29, 1.82) is 0 Å². The highest BCUT2D eigenvalue weighted by Crippen LogP contribution is 2.44. The standard InChI is InChI=1S/C12H17F2NO/c1-11(2,8-15)12(13,14)9-5-4-6-10(7-9)16-3/h4-7H,8,15H2,1-3H3. The number of hydrogen-bond donors (Lipinski definition) is 1. The van der Waals surface area contributed by atoms with E-state index in [0.717, 1.165) is 0 Å². The molecule has 2 N–H and O–H groups in total. The van der Waals surface area contributed by atoms with Crippen molar-refractivity contribution >= 4 is 0 Å². The summed E-state index contributed by atoms with van der Waals surface area (Å²) in [4.78, 5) is 0. The maximum Gasteiger partial charge on any atom is 0.279 e. The zero-order valence-corrected chi connectivity index (χ0v) is 9.76. The molecule has 2 nitrogen and oxygen atoms in total. The number of ether oxygens (including phenoxy) is 1. The van der Waals surface area contributed by atoms with Crippen LogP contribution in [0.2, 0.25) is 0 Å². The highest BCUT2D eigenvalue weighted by atomic mass is 19.3. The van der Waals surface area contributed by atoms with Crippen LogP contribution in [0, 0.1) is 5.41 Å². The molecule has 0 unspecified atom stereocenters. The van der Waals surface area contributed by atoms with Gasteiger partial charge in [-0.25, -0.2) is 8.78 Å². The zero-order chi connectivity index (χ0) is 12.4. The van der Waals surface area contributed by atoms with E-state index in [1.54, 1.807) is 12.1 Å². The topological polar surface area (TPSA) is 35.2 Å². The van der Waals surface area contributed by atoms with Crippen LogP contribution in [-0.2, 0) is 5.92 Å². The van der Waals surface area contributed by atoms with Gasteiger partial charge in [0.05, 0.1) is 7.11 Å². The second-order valence-corrected chi connectivity index (χ2v) is 4.39. The molecule has 1 aromatic rings. The van der Waals surface area contributed by atoms with Gasteiger partial charge in [0.1, 0.15) is 5.75 Å². The van der Waals surface area contributed by atoms with Crippen LogP contribution in [0.1, 0.15) is 19.4 Å². The minimum Gasteiger partial charge on any atom is -0.497 e. The van der Waals surface area contributed by atoms with Crippen LogP contribution in [0.4, 0.5) is 8.78 Å². The van der Waals surface area contributed by atoms with Crippen molar-refractivity contribution in [2.24, 2.45) is 11.1 Å². The maximum atomic E-state index is 14.1. The SMILES string of the molecule is COc1cccc(C(F)(F)C(C)(C)CN)c1. The molecule has 0 heterocycles. The predicted octanol–water partition coefficient (Wildman–Crippen LogP) is 2.77. The van der Waals surface area contributed by atoms with Gasteiger partial charge >= 0.3 is 0 Å². The van der Waals surface area contributed by atoms with Crippen LogP contribution in [0.15, 0.2) is 24.3 Å². The molecule has 0 amide bonds. The Labute approximate surface area is 94.4 Å². The fourth-order valence-corrected chi connectivity index (χ4v) is 1.34. The molecule has 90 valence electrons. The van der Waals surface area contributed by atoms with Gasteiger partial charge in [0.2, 0.25) is 0 Å². The summed E-state index contributed by atoms with van der Waals surface area (Å²) in [5.41, 5.74) is 4.04. The van der Waals surface area contributed by atoms with Crippen molar-refractivity contribution < 1.29 is 13.5 Å². The van der Waals surface area contributed by atoms with E-state index in [2.05, 4.69) is 0 Å². The first-order valence-corrected chi connectivity index (χ1v) is 5.07. The Bertz CT molecular complexity index is 364. The second-order valence-electron chi connectivity index (χ2n) is 4.39. The van der Waals surface area contributed by atoms with E-state index in [4.69, 9.17) is 10.5 Å². The van der Waals surface area contributed by atoms with Gasteiger partial charge in [-0.1, -0.05) is 26.0 Å². The van der Waals surface area contributed by atoms with Gasteiger partial charge in [0.25, 0.3) is 5.92 Å². The van der Waals surface area contributed by atoms with Crippen LogP contribution < -0.4 is 10.5 Å². The molecule has 0 aliphatic heterocycles. The average molecular weight is 229 g/mol. The highest BCUT2D eigenvalue weighted by molar-refractivity contribution is 5.32. The van der Waals surface area contributed by atoms with Crippen molar-refractivity contribution in [3.05, 3.63) is 29.8 Å². The van der Waals surface area contributed by atoms with Gasteiger partial charge in [-0.3, -0.25) is 0 Å². The van der Waals surface area contributed by atoms with Gasteiger partial charge in [0.15, 0.2) is 0 Å². The summed E-state index contributed by atoms with van der Waals surface area (Å²) in [5, 5.41) is 0. The molecule has 0 aliphatic rings. The molecule has 0 fully saturated rings. The van der Waals surface area contributed by atoms with Crippen molar-refractivity contribution in [2.45, 2.75) is 19.8 Å². The van der Waals surface area contributed by atoms with Crippen LogP contribution in [0.5, 0.6) is 5.75 Å². The van der Waals surface area contributed by atoms with Gasteiger partial charge < -0.3 is 10.5 Å². The number of alkyl halides is 2. The number of hydrogen-bond acceptors (Lipinski definition) is 2. The Balaban J connectivity index is 3.16. The van der Waals surface area contributed by atoms with E-state index in [0.29, 0.717) is 5.75 Å². The molecular weight excluding hydrogens is 212 g/mol. The van der Waals surface area contributed by atoms with E-state index in [1.807, 2.05) is 0 Å². The number of halogens is 2. The minimum absolute atomic E-state index is 0.0673. The average Bonchev–Trinajstić information content (AvgIpc) is 2.28. The molecule has 0 atom stereocenters. The number of benzene rings is 1. The summed E-state index contributed by atoms with van der Waals surface area (Å²) < 4.78 is 33.2. The number of rotatable bonds is 4. The number of methoxy groups -OCH3 is 1. The van der Waals surface area contributed by atoms with E-state index in [9.17, 15) is 8.78 Å². The van der Waals surface area contributed by atoms with Crippen molar-refractivity contribution in [3.63, 3.8) is 0 Å². The van der Waals surface area contributed by atoms with E-state index in [1.165, 1.54) is 33.1 Å². The Kier molecular flexibility index (Phi) is 3.53. The molecule has 0 spiro atoms. The third kappa shape index (κ3) is 2.16. The Hall–Kier alpha value is -1.16. The molecule has 16 heavy (non-hydrogen) atoms. The smallest absolute Gasteiger partial charge is 0.279 e. The number of nitrogens with two attached hydrogens (primary N) is 1. The predicted molar refractivity (Wildman–Crippen MR) is 59.7 cm³/mol. The molecule has 0 saturated carbocycles. The van der Waals surface area contributed by atoms with Crippen molar-refractivity contribution in [2.75, 3.05) is 13.7 Å². The third-order valence-electron chi connectivity index (χ3n) is 2.79. The summed E-state index contributed by atoms with van der Waals surface area (Å²) in [6.07, 6.45) is 0. The van der Waals surface area contributed by atoms with E-state index >= 15 is 0 Å². The van der Waals surface area contributed by atoms with Gasteiger partial charge in [-0.15, -0.1) is 0 Å². The first kappa shape index (κ1) is 12.9. The van der Waals surface area contributed by atoms with E-state index < -0.39 is 11.3 Å². The first-order valence-electron chi connectivity index (χ1n) is 5.07. The molecule has 0 bridgehead atoms. The molecule has 1 rings (SSSR count). The molecule has 1 aromatic carbocycles. The summed E-state index contributed by atoms with van der Waals surface area (Å²) in [6, 6.07) is 5.92. The molecule has 0 aromatic heterocycles. The quantitative estimate of drug-likeness (QED) is 0.861. The lowest BCUT2D eigenvalue weighted by atomic mass is 9.81. The highest BCUT2D eigenvalue weighted by Gasteiger charge is 2.47. The second kappa shape index (κ2) is 4.37. The van der Waals surface area contributed by atoms with Crippen LogP contribution in [0.25, 0.3) is 0 Å². The van der Waals surface area contributed by atoms with Crippen LogP contribution >= 0.6 is 0 Å². The third-order valence-corrected chi connectivity index (χ3v) is 2.79. The molecule has 0 aliphatic carbocycles. The fraction of sp³-hybridized carbons (Fsp3) is 0.500. The summed E-state index contributed by atoms with van der Waals surface area (Å²) >= 11 is 0. The fourth-order valence-electron chi connectivity index (χ4n) is 1.34. The van der Waals surface area contributed by atoms with E-state index in [-0.39, 0.29) is 12.1 Å². The van der Waals surface area contributed by atoms with Crippen LogP contribution in [0.3, 0.4) is 0 Å². The normalized spacial score (nSPS) is 12.6. The van der Waals surface area contributed by atoms with Crippen molar-refractivity contribution in [3.8, 4) is 5.75 Å². The largest absolute Gasteiger partial charge is 0.497 e. The summed E-state index contributed by atoms with van der Waals surface area (Å²) in [6.45, 7) is 2.82. The maximum absolute atomic E-state index is 14.1. The van der Waals surface area contributed by atoms with Crippen LogP contribution in [-0.4, -0.2) is 13.7 Å². The zero-order valence-electron chi connectivity index (χ0n) is 9.76. The lowest BCUT2D eigenvalue weighted by Gasteiger charge is -2.33. The monoisotopic (exact) mass is 229 g/mol.